The molecule has 2 N–H and O–H groups in total. The van der Waals surface area contributed by atoms with Crippen LogP contribution >= 0.6 is 0 Å². The first kappa shape index (κ1) is 14.8. The summed E-state index contributed by atoms with van der Waals surface area (Å²) in [7, 11) is 3.67. The molecule has 0 aliphatic carbocycles. The summed E-state index contributed by atoms with van der Waals surface area (Å²) < 4.78 is 5.04. The van der Waals surface area contributed by atoms with Crippen molar-refractivity contribution in [1.82, 2.24) is 5.32 Å². The van der Waals surface area contributed by atoms with Crippen molar-refractivity contribution >= 4 is 5.69 Å². The minimum absolute atomic E-state index is 0.160. The topological polar surface area (TPSA) is 44.7 Å². The summed E-state index contributed by atoms with van der Waals surface area (Å²) in [5, 5.41) is 13.4. The van der Waals surface area contributed by atoms with Crippen LogP contribution in [-0.2, 0) is 4.74 Å². The van der Waals surface area contributed by atoms with Gasteiger partial charge in [0.2, 0.25) is 0 Å². The summed E-state index contributed by atoms with van der Waals surface area (Å²) >= 11 is 0. The molecular formula is C14H24N2O2. The highest BCUT2D eigenvalue weighted by Crippen LogP contribution is 2.28. The minimum Gasteiger partial charge on any atom is -0.508 e. The number of nitrogens with zero attached hydrogens (tertiary/aromatic N) is 1. The van der Waals surface area contributed by atoms with Gasteiger partial charge in [0, 0.05) is 44.1 Å². The quantitative estimate of drug-likeness (QED) is 0.780. The average molecular weight is 252 g/mol. The van der Waals surface area contributed by atoms with Crippen molar-refractivity contribution < 1.29 is 9.84 Å². The third kappa shape index (κ3) is 3.89. The molecule has 4 nitrogen and oxygen atoms in total. The summed E-state index contributed by atoms with van der Waals surface area (Å²) in [5.41, 5.74) is 1.93. The number of phenols is 1. The molecule has 0 amide bonds. The molecule has 0 bridgehead atoms. The summed E-state index contributed by atoms with van der Waals surface area (Å²) in [6.07, 6.45) is 0. The molecular weight excluding hydrogens is 228 g/mol. The first-order valence-electron chi connectivity index (χ1n) is 6.36. The van der Waals surface area contributed by atoms with Gasteiger partial charge >= 0.3 is 0 Å². The van der Waals surface area contributed by atoms with Crippen molar-refractivity contribution in [3.63, 3.8) is 0 Å². The fourth-order valence-corrected chi connectivity index (χ4v) is 1.91. The van der Waals surface area contributed by atoms with E-state index in [0.29, 0.717) is 12.4 Å². The van der Waals surface area contributed by atoms with E-state index in [9.17, 15) is 5.11 Å². The molecule has 1 aromatic rings. The molecule has 18 heavy (non-hydrogen) atoms. The van der Waals surface area contributed by atoms with Crippen LogP contribution in [0.15, 0.2) is 18.2 Å². The summed E-state index contributed by atoms with van der Waals surface area (Å²) in [4.78, 5) is 2.06. The van der Waals surface area contributed by atoms with E-state index in [2.05, 4.69) is 17.1 Å². The lowest BCUT2D eigenvalue weighted by atomic mass is 10.1. The van der Waals surface area contributed by atoms with E-state index in [1.807, 2.05) is 26.1 Å². The number of likely N-dealkylation sites (N-methyl/N-ethyl adjacent to an activating group) is 1. The predicted octanol–water partition coefficient (Wildman–Crippen LogP) is 2.15. The maximum Gasteiger partial charge on any atom is 0.122 e. The molecule has 0 aliphatic rings. The third-order valence-electron chi connectivity index (χ3n) is 3.06. The van der Waals surface area contributed by atoms with Gasteiger partial charge in [-0.25, -0.2) is 0 Å². The van der Waals surface area contributed by atoms with Crippen LogP contribution in [0.5, 0.6) is 5.75 Å². The highest BCUT2D eigenvalue weighted by molar-refractivity contribution is 5.53. The van der Waals surface area contributed by atoms with Crippen LogP contribution in [0.4, 0.5) is 5.69 Å². The maximum atomic E-state index is 10.1. The number of benzene rings is 1. The lowest BCUT2D eigenvalue weighted by molar-refractivity contribution is 0.206. The van der Waals surface area contributed by atoms with Crippen LogP contribution in [-0.4, -0.2) is 39.0 Å². The van der Waals surface area contributed by atoms with Crippen molar-refractivity contribution in [2.75, 3.05) is 38.8 Å². The van der Waals surface area contributed by atoms with E-state index in [1.54, 1.807) is 13.2 Å². The normalized spacial score (nSPS) is 12.4. The number of aromatic hydroxyl groups is 1. The zero-order valence-electron chi connectivity index (χ0n) is 11.7. The Labute approximate surface area is 110 Å². The van der Waals surface area contributed by atoms with E-state index in [0.717, 1.165) is 24.3 Å². The molecule has 0 saturated heterocycles. The summed E-state index contributed by atoms with van der Waals surface area (Å²) in [5.74, 6) is 0.338. The van der Waals surface area contributed by atoms with Crippen molar-refractivity contribution in [3.05, 3.63) is 23.8 Å². The fourth-order valence-electron chi connectivity index (χ4n) is 1.91. The maximum absolute atomic E-state index is 10.1. The largest absolute Gasteiger partial charge is 0.508 e. The Morgan fingerprint density at radius 2 is 2.17 bits per heavy atom. The van der Waals surface area contributed by atoms with E-state index in [-0.39, 0.29) is 6.04 Å². The highest BCUT2D eigenvalue weighted by Gasteiger charge is 2.11. The van der Waals surface area contributed by atoms with Gasteiger partial charge in [-0.15, -0.1) is 0 Å². The molecule has 0 aromatic heterocycles. The third-order valence-corrected chi connectivity index (χ3v) is 3.06. The zero-order valence-corrected chi connectivity index (χ0v) is 11.7. The smallest absolute Gasteiger partial charge is 0.122 e. The van der Waals surface area contributed by atoms with Gasteiger partial charge in [0.05, 0.1) is 6.61 Å². The number of hydrogen-bond acceptors (Lipinski definition) is 4. The molecule has 0 saturated carbocycles. The fraction of sp³-hybridized carbons (Fsp3) is 0.571. The molecule has 1 unspecified atom stereocenters. The van der Waals surface area contributed by atoms with Gasteiger partial charge in [-0.3, -0.25) is 0 Å². The lowest BCUT2D eigenvalue weighted by Gasteiger charge is -2.21. The van der Waals surface area contributed by atoms with E-state index in [1.165, 1.54) is 0 Å². The Balaban J connectivity index is 2.78. The molecule has 1 aromatic carbocycles. The number of anilines is 1. The van der Waals surface area contributed by atoms with Gasteiger partial charge in [0.25, 0.3) is 0 Å². The Hall–Kier alpha value is -1.26. The van der Waals surface area contributed by atoms with Crippen LogP contribution in [0.2, 0.25) is 0 Å². The SMILES string of the molecule is CCNC(C)c1ccc(N(C)CCOC)cc1O. The first-order valence-corrected chi connectivity index (χ1v) is 6.36. The molecule has 0 aliphatic heterocycles. The monoisotopic (exact) mass is 252 g/mol. The lowest BCUT2D eigenvalue weighted by Crippen LogP contribution is -2.22. The van der Waals surface area contributed by atoms with Crippen molar-refractivity contribution in [3.8, 4) is 5.75 Å². The predicted molar refractivity (Wildman–Crippen MR) is 75.3 cm³/mol. The standard InChI is InChI=1S/C14H24N2O2/c1-5-15-11(2)13-7-6-12(10-14(13)17)16(3)8-9-18-4/h6-7,10-11,15,17H,5,8-9H2,1-4H3. The molecule has 0 fully saturated rings. The molecule has 1 rings (SSSR count). The number of hydrogen-bond donors (Lipinski definition) is 2. The van der Waals surface area contributed by atoms with Crippen LogP contribution in [0.1, 0.15) is 25.5 Å². The van der Waals surface area contributed by atoms with Gasteiger partial charge in [0.1, 0.15) is 5.75 Å². The molecule has 0 spiro atoms. The summed E-state index contributed by atoms with van der Waals surface area (Å²) in [6, 6.07) is 5.96. The first-order chi connectivity index (χ1) is 8.60. The minimum atomic E-state index is 0.160. The second kappa shape index (κ2) is 7.24. The van der Waals surface area contributed by atoms with Crippen LogP contribution in [0.3, 0.4) is 0 Å². The Morgan fingerprint density at radius 3 is 2.72 bits per heavy atom. The Bertz CT molecular complexity index is 369. The number of phenolic OH excluding ortho intramolecular Hbond substituents is 1. The van der Waals surface area contributed by atoms with E-state index < -0.39 is 0 Å². The van der Waals surface area contributed by atoms with Gasteiger partial charge in [-0.1, -0.05) is 13.0 Å². The molecule has 1 atom stereocenters. The van der Waals surface area contributed by atoms with Crippen LogP contribution in [0.25, 0.3) is 0 Å². The van der Waals surface area contributed by atoms with Gasteiger partial charge in [-0.2, -0.15) is 0 Å². The van der Waals surface area contributed by atoms with Gasteiger partial charge < -0.3 is 20.1 Å². The summed E-state index contributed by atoms with van der Waals surface area (Å²) in [6.45, 7) is 6.47. The van der Waals surface area contributed by atoms with Crippen molar-refractivity contribution in [1.29, 1.82) is 0 Å². The highest BCUT2D eigenvalue weighted by atomic mass is 16.5. The Morgan fingerprint density at radius 1 is 1.44 bits per heavy atom. The van der Waals surface area contributed by atoms with Crippen LogP contribution in [0, 0.1) is 0 Å². The number of methoxy groups -OCH3 is 1. The zero-order chi connectivity index (χ0) is 13.5. The van der Waals surface area contributed by atoms with Crippen molar-refractivity contribution in [2.24, 2.45) is 0 Å². The second-order valence-electron chi connectivity index (χ2n) is 4.44. The van der Waals surface area contributed by atoms with E-state index in [4.69, 9.17) is 4.74 Å². The van der Waals surface area contributed by atoms with Crippen LogP contribution < -0.4 is 10.2 Å². The number of rotatable bonds is 7. The number of nitrogens with one attached hydrogen (secondary N) is 1. The second-order valence-corrected chi connectivity index (χ2v) is 4.44. The van der Waals surface area contributed by atoms with Gasteiger partial charge in [-0.05, 0) is 19.5 Å². The number of ether oxygens (including phenoxy) is 1. The van der Waals surface area contributed by atoms with E-state index >= 15 is 0 Å². The van der Waals surface area contributed by atoms with Gasteiger partial charge in [0.15, 0.2) is 0 Å². The molecule has 0 heterocycles. The average Bonchev–Trinajstić information content (AvgIpc) is 2.35. The molecule has 0 radical (unpaired) electrons. The Kier molecular flexibility index (Phi) is 5.95. The molecule has 102 valence electrons. The van der Waals surface area contributed by atoms with Crippen molar-refractivity contribution in [2.45, 2.75) is 19.9 Å². The molecule has 4 heteroatoms.